The van der Waals surface area contributed by atoms with Gasteiger partial charge in [0, 0.05) is 29.9 Å². The number of carbonyl (C=O) groups excluding carboxylic acids is 1. The molecule has 0 fully saturated rings. The average Bonchev–Trinajstić information content (AvgIpc) is 2.64. The van der Waals surface area contributed by atoms with Crippen molar-refractivity contribution in [2.75, 3.05) is 18.4 Å². The number of para-hydroxylation sites is 1. The zero-order valence-electron chi connectivity index (χ0n) is 14.3. The Morgan fingerprint density at radius 2 is 2.00 bits per heavy atom. The van der Waals surface area contributed by atoms with Gasteiger partial charge in [-0.2, -0.15) is 0 Å². The van der Waals surface area contributed by atoms with E-state index in [1.807, 2.05) is 6.07 Å². The third-order valence-corrected chi connectivity index (χ3v) is 4.55. The van der Waals surface area contributed by atoms with Gasteiger partial charge in [0.25, 0.3) is 5.91 Å². The minimum Gasteiger partial charge on any atom is -0.411 e. The SMILES string of the molecule is O=C(C=NO)NCCCCNc1c2c(nc3ccccc13)CCCC2. The molecule has 0 spiro atoms. The minimum absolute atomic E-state index is 0.371. The summed E-state index contributed by atoms with van der Waals surface area (Å²) < 4.78 is 0. The van der Waals surface area contributed by atoms with Crippen molar-refractivity contribution in [3.63, 3.8) is 0 Å². The maximum Gasteiger partial charge on any atom is 0.265 e. The molecular weight excluding hydrogens is 316 g/mol. The molecule has 0 saturated carbocycles. The molecule has 1 aliphatic carbocycles. The monoisotopic (exact) mass is 340 g/mol. The molecule has 3 rings (SSSR count). The van der Waals surface area contributed by atoms with Crippen LogP contribution in [0.5, 0.6) is 0 Å². The second-order valence-electron chi connectivity index (χ2n) is 6.31. The molecule has 0 bridgehead atoms. The highest BCUT2D eigenvalue weighted by atomic mass is 16.4. The Balaban J connectivity index is 1.62. The topological polar surface area (TPSA) is 86.6 Å². The van der Waals surface area contributed by atoms with Crippen molar-refractivity contribution in [2.24, 2.45) is 5.16 Å². The standard InChI is InChI=1S/C19H24N4O2/c24-18(13-22-25)20-11-5-6-12-21-19-14-7-1-3-9-16(14)23-17-10-4-2-8-15(17)19/h1,3,7,9,13,25H,2,4-6,8,10-12H2,(H,20,24)(H,21,23). The van der Waals surface area contributed by atoms with Crippen molar-refractivity contribution in [1.29, 1.82) is 0 Å². The Morgan fingerprint density at radius 3 is 2.88 bits per heavy atom. The number of amides is 1. The molecule has 2 aromatic rings. The second-order valence-corrected chi connectivity index (χ2v) is 6.31. The highest BCUT2D eigenvalue weighted by molar-refractivity contribution is 6.25. The van der Waals surface area contributed by atoms with E-state index in [0.717, 1.165) is 44.0 Å². The zero-order chi connectivity index (χ0) is 17.5. The molecule has 1 amide bonds. The molecule has 25 heavy (non-hydrogen) atoms. The van der Waals surface area contributed by atoms with Gasteiger partial charge in [-0.3, -0.25) is 9.78 Å². The van der Waals surface area contributed by atoms with Crippen molar-refractivity contribution >= 4 is 28.7 Å². The van der Waals surface area contributed by atoms with E-state index >= 15 is 0 Å². The number of nitrogens with one attached hydrogen (secondary N) is 2. The molecule has 0 atom stereocenters. The van der Waals surface area contributed by atoms with E-state index in [1.54, 1.807) is 0 Å². The van der Waals surface area contributed by atoms with E-state index in [0.29, 0.717) is 6.54 Å². The first-order valence-corrected chi connectivity index (χ1v) is 8.89. The lowest BCUT2D eigenvalue weighted by Crippen LogP contribution is -2.25. The minimum atomic E-state index is -0.371. The largest absolute Gasteiger partial charge is 0.411 e. The smallest absolute Gasteiger partial charge is 0.265 e. The summed E-state index contributed by atoms with van der Waals surface area (Å²) in [6.07, 6.45) is 7.27. The summed E-state index contributed by atoms with van der Waals surface area (Å²) >= 11 is 0. The van der Waals surface area contributed by atoms with Gasteiger partial charge in [-0.15, -0.1) is 0 Å². The first kappa shape index (κ1) is 17.2. The van der Waals surface area contributed by atoms with Crippen LogP contribution in [0, 0.1) is 0 Å². The van der Waals surface area contributed by atoms with E-state index in [1.165, 1.54) is 35.2 Å². The van der Waals surface area contributed by atoms with Gasteiger partial charge < -0.3 is 15.8 Å². The molecule has 0 aliphatic heterocycles. The van der Waals surface area contributed by atoms with Crippen LogP contribution in [0.15, 0.2) is 29.4 Å². The van der Waals surface area contributed by atoms with Crippen LogP contribution < -0.4 is 10.6 Å². The summed E-state index contributed by atoms with van der Waals surface area (Å²) in [4.78, 5) is 16.0. The van der Waals surface area contributed by atoms with Crippen LogP contribution in [0.4, 0.5) is 5.69 Å². The van der Waals surface area contributed by atoms with Crippen LogP contribution in [0.2, 0.25) is 0 Å². The lowest BCUT2D eigenvalue weighted by Gasteiger charge is -2.21. The van der Waals surface area contributed by atoms with Crippen LogP contribution in [0.1, 0.15) is 36.9 Å². The molecule has 0 unspecified atom stereocenters. The Hall–Kier alpha value is -2.63. The van der Waals surface area contributed by atoms with Crippen LogP contribution in [0.3, 0.4) is 0 Å². The Labute approximate surface area is 147 Å². The van der Waals surface area contributed by atoms with Crippen LogP contribution >= 0.6 is 0 Å². The van der Waals surface area contributed by atoms with E-state index in [2.05, 4.69) is 34.0 Å². The predicted octanol–water partition coefficient (Wildman–Crippen LogP) is 2.88. The summed E-state index contributed by atoms with van der Waals surface area (Å²) in [7, 11) is 0. The summed E-state index contributed by atoms with van der Waals surface area (Å²) in [5.41, 5.74) is 4.90. The number of oxime groups is 1. The number of hydrogen-bond donors (Lipinski definition) is 3. The van der Waals surface area contributed by atoms with Crippen molar-refractivity contribution in [1.82, 2.24) is 10.3 Å². The van der Waals surface area contributed by atoms with E-state index < -0.39 is 0 Å². The number of benzene rings is 1. The summed E-state index contributed by atoms with van der Waals surface area (Å²) in [6, 6.07) is 8.30. The number of nitrogens with zero attached hydrogens (tertiary/aromatic N) is 2. The van der Waals surface area contributed by atoms with Crippen molar-refractivity contribution < 1.29 is 10.0 Å². The number of rotatable bonds is 7. The molecule has 3 N–H and O–H groups in total. The Kier molecular flexibility index (Phi) is 5.82. The fourth-order valence-corrected chi connectivity index (χ4v) is 3.35. The van der Waals surface area contributed by atoms with Gasteiger partial charge in [0.2, 0.25) is 0 Å². The molecule has 1 aromatic heterocycles. The fourth-order valence-electron chi connectivity index (χ4n) is 3.35. The fraction of sp³-hybridized carbons (Fsp3) is 0.421. The molecule has 6 nitrogen and oxygen atoms in total. The first-order valence-electron chi connectivity index (χ1n) is 8.89. The number of aromatic nitrogens is 1. The molecule has 1 heterocycles. The first-order chi connectivity index (χ1) is 12.3. The number of hydrogen-bond acceptors (Lipinski definition) is 5. The molecule has 0 radical (unpaired) electrons. The van der Waals surface area contributed by atoms with Gasteiger partial charge in [-0.25, -0.2) is 0 Å². The number of carbonyl (C=O) groups is 1. The van der Waals surface area contributed by atoms with Gasteiger partial charge >= 0.3 is 0 Å². The second kappa shape index (κ2) is 8.46. The molecule has 6 heteroatoms. The molecule has 1 aromatic carbocycles. The van der Waals surface area contributed by atoms with E-state index in [-0.39, 0.29) is 5.91 Å². The maximum absolute atomic E-state index is 11.2. The molecule has 0 saturated heterocycles. The van der Waals surface area contributed by atoms with Crippen molar-refractivity contribution in [2.45, 2.75) is 38.5 Å². The number of fused-ring (bicyclic) bond motifs is 2. The van der Waals surface area contributed by atoms with Gasteiger partial charge in [0.1, 0.15) is 6.21 Å². The highest BCUT2D eigenvalue weighted by Gasteiger charge is 2.17. The van der Waals surface area contributed by atoms with Gasteiger partial charge in [0.05, 0.1) is 5.52 Å². The quantitative estimate of drug-likeness (QED) is 0.313. The third kappa shape index (κ3) is 4.26. The third-order valence-electron chi connectivity index (χ3n) is 4.55. The normalized spacial score (nSPS) is 13.8. The number of unbranched alkanes of at least 4 members (excludes halogenated alkanes) is 1. The lowest BCUT2D eigenvalue weighted by molar-refractivity contribution is -0.114. The Bertz CT molecular complexity index is 773. The van der Waals surface area contributed by atoms with Crippen molar-refractivity contribution in [3.05, 3.63) is 35.5 Å². The van der Waals surface area contributed by atoms with E-state index in [9.17, 15) is 4.79 Å². The summed E-state index contributed by atoms with van der Waals surface area (Å²) in [6.45, 7) is 1.42. The lowest BCUT2D eigenvalue weighted by atomic mass is 9.92. The number of aryl methyl sites for hydroxylation is 1. The molecule has 1 aliphatic rings. The van der Waals surface area contributed by atoms with Crippen LogP contribution in [0.25, 0.3) is 10.9 Å². The highest BCUT2D eigenvalue weighted by Crippen LogP contribution is 2.33. The summed E-state index contributed by atoms with van der Waals surface area (Å²) in [5, 5.41) is 18.5. The maximum atomic E-state index is 11.2. The Morgan fingerprint density at radius 1 is 1.20 bits per heavy atom. The van der Waals surface area contributed by atoms with Crippen molar-refractivity contribution in [3.8, 4) is 0 Å². The van der Waals surface area contributed by atoms with E-state index in [4.69, 9.17) is 10.2 Å². The number of anilines is 1. The average molecular weight is 340 g/mol. The molecular formula is C19H24N4O2. The predicted molar refractivity (Wildman–Crippen MR) is 99.4 cm³/mol. The number of pyridine rings is 1. The summed E-state index contributed by atoms with van der Waals surface area (Å²) in [5.74, 6) is -0.371. The van der Waals surface area contributed by atoms with Gasteiger partial charge in [-0.05, 0) is 50.2 Å². The van der Waals surface area contributed by atoms with Crippen LogP contribution in [-0.4, -0.2) is 35.4 Å². The molecule has 132 valence electrons. The van der Waals surface area contributed by atoms with Gasteiger partial charge in [-0.1, -0.05) is 23.4 Å². The zero-order valence-corrected chi connectivity index (χ0v) is 14.3. The van der Waals surface area contributed by atoms with Gasteiger partial charge in [0.15, 0.2) is 0 Å². The van der Waals surface area contributed by atoms with Crippen LogP contribution in [-0.2, 0) is 17.6 Å².